The normalized spacial score (nSPS) is 12.8. The van der Waals surface area contributed by atoms with Crippen LogP contribution in [0, 0.1) is 0 Å². The SMILES string of the molecule is CC(C)n1cnc(CC(N)NC(N)=S)c1. The van der Waals surface area contributed by atoms with Gasteiger partial charge in [-0.05, 0) is 26.1 Å². The minimum atomic E-state index is -0.280. The maximum atomic E-state index is 5.76. The predicted octanol–water partition coefficient (Wildman–Crippen LogP) is 0.125. The number of aromatic nitrogens is 2. The van der Waals surface area contributed by atoms with Crippen molar-refractivity contribution in [1.29, 1.82) is 0 Å². The second kappa shape index (κ2) is 5.09. The van der Waals surface area contributed by atoms with E-state index in [0.717, 1.165) is 5.69 Å². The molecule has 5 N–H and O–H groups in total. The molecule has 1 unspecified atom stereocenters. The lowest BCUT2D eigenvalue weighted by molar-refractivity contribution is 0.595. The van der Waals surface area contributed by atoms with E-state index in [1.165, 1.54) is 0 Å². The Morgan fingerprint density at radius 2 is 2.33 bits per heavy atom. The molecule has 0 aromatic carbocycles. The van der Waals surface area contributed by atoms with E-state index >= 15 is 0 Å². The van der Waals surface area contributed by atoms with Crippen LogP contribution in [0.25, 0.3) is 0 Å². The molecule has 0 aliphatic carbocycles. The van der Waals surface area contributed by atoms with Crippen molar-refractivity contribution in [3.8, 4) is 0 Å². The average Bonchev–Trinajstić information content (AvgIpc) is 2.50. The Morgan fingerprint density at radius 1 is 1.67 bits per heavy atom. The second-order valence-electron chi connectivity index (χ2n) is 3.73. The first-order chi connectivity index (χ1) is 6.99. The highest BCUT2D eigenvalue weighted by Crippen LogP contribution is 2.06. The highest BCUT2D eigenvalue weighted by Gasteiger charge is 2.07. The third kappa shape index (κ3) is 3.85. The summed E-state index contributed by atoms with van der Waals surface area (Å²) in [5.41, 5.74) is 12.0. The minimum absolute atomic E-state index is 0.214. The molecule has 0 bridgehead atoms. The van der Waals surface area contributed by atoms with Crippen molar-refractivity contribution in [3.05, 3.63) is 18.2 Å². The average molecular weight is 227 g/mol. The van der Waals surface area contributed by atoms with Crippen LogP contribution in [0.5, 0.6) is 0 Å². The third-order valence-corrected chi connectivity index (χ3v) is 2.13. The van der Waals surface area contributed by atoms with Crippen molar-refractivity contribution in [1.82, 2.24) is 14.9 Å². The van der Waals surface area contributed by atoms with Crippen molar-refractivity contribution in [2.24, 2.45) is 11.5 Å². The molecule has 0 saturated heterocycles. The van der Waals surface area contributed by atoms with Gasteiger partial charge in [0.1, 0.15) is 0 Å². The predicted molar refractivity (Wildman–Crippen MR) is 64.2 cm³/mol. The van der Waals surface area contributed by atoms with Crippen molar-refractivity contribution >= 4 is 17.3 Å². The molecule has 0 saturated carbocycles. The van der Waals surface area contributed by atoms with Gasteiger partial charge in [-0.25, -0.2) is 4.98 Å². The zero-order valence-corrected chi connectivity index (χ0v) is 9.79. The summed E-state index contributed by atoms with van der Waals surface area (Å²) >= 11 is 4.70. The van der Waals surface area contributed by atoms with E-state index in [1.54, 1.807) is 6.33 Å². The van der Waals surface area contributed by atoms with Gasteiger partial charge in [0, 0.05) is 18.7 Å². The molecule has 0 spiro atoms. The summed E-state index contributed by atoms with van der Waals surface area (Å²) in [5, 5.41) is 2.98. The molecule has 84 valence electrons. The van der Waals surface area contributed by atoms with E-state index in [0.29, 0.717) is 12.5 Å². The van der Waals surface area contributed by atoms with Gasteiger partial charge in [0.2, 0.25) is 0 Å². The lowest BCUT2D eigenvalue weighted by atomic mass is 10.3. The number of hydrogen-bond donors (Lipinski definition) is 3. The molecular weight excluding hydrogens is 210 g/mol. The Labute approximate surface area is 94.8 Å². The van der Waals surface area contributed by atoms with Gasteiger partial charge in [-0.3, -0.25) is 0 Å². The van der Waals surface area contributed by atoms with E-state index in [2.05, 4.69) is 24.1 Å². The van der Waals surface area contributed by atoms with Gasteiger partial charge < -0.3 is 21.4 Å². The van der Waals surface area contributed by atoms with Gasteiger partial charge in [-0.15, -0.1) is 0 Å². The molecule has 0 aliphatic heterocycles. The van der Waals surface area contributed by atoms with Crippen LogP contribution in [0.1, 0.15) is 25.6 Å². The Kier molecular flexibility index (Phi) is 4.05. The molecule has 0 fully saturated rings. The molecule has 1 atom stereocenters. The number of nitrogens with one attached hydrogen (secondary N) is 1. The fraction of sp³-hybridized carbons (Fsp3) is 0.556. The summed E-state index contributed by atoms with van der Waals surface area (Å²) in [6.07, 6.45) is 4.11. The molecule has 1 heterocycles. The summed E-state index contributed by atoms with van der Waals surface area (Å²) in [7, 11) is 0. The largest absolute Gasteiger partial charge is 0.376 e. The zero-order valence-electron chi connectivity index (χ0n) is 8.97. The number of thiocarbonyl (C=S) groups is 1. The number of nitrogens with zero attached hydrogens (tertiary/aromatic N) is 2. The van der Waals surface area contributed by atoms with Crippen molar-refractivity contribution in [3.63, 3.8) is 0 Å². The molecule has 15 heavy (non-hydrogen) atoms. The molecule has 1 aromatic rings. The first-order valence-electron chi connectivity index (χ1n) is 4.83. The standard InChI is InChI=1S/C9H17N5S/c1-6(2)14-4-7(12-5-14)3-8(10)13-9(11)15/h4-6,8H,3,10H2,1-2H3,(H3,11,13,15). The summed E-state index contributed by atoms with van der Waals surface area (Å²) in [6, 6.07) is 0.408. The number of rotatable bonds is 4. The molecule has 1 aromatic heterocycles. The maximum absolute atomic E-state index is 5.76. The maximum Gasteiger partial charge on any atom is 0.164 e. The van der Waals surface area contributed by atoms with Gasteiger partial charge in [0.05, 0.1) is 18.2 Å². The lowest BCUT2D eigenvalue weighted by Crippen LogP contribution is -2.45. The van der Waals surface area contributed by atoms with E-state index in [1.807, 2.05) is 10.8 Å². The van der Waals surface area contributed by atoms with Gasteiger partial charge in [0.15, 0.2) is 5.11 Å². The van der Waals surface area contributed by atoms with Crippen LogP contribution < -0.4 is 16.8 Å². The molecule has 0 aliphatic rings. The quantitative estimate of drug-likeness (QED) is 0.503. The fourth-order valence-electron chi connectivity index (χ4n) is 1.23. The topological polar surface area (TPSA) is 81.9 Å². The van der Waals surface area contributed by atoms with Crippen LogP contribution in [0.2, 0.25) is 0 Å². The third-order valence-electron chi connectivity index (χ3n) is 2.01. The molecule has 6 heteroatoms. The van der Waals surface area contributed by atoms with Gasteiger partial charge in [-0.1, -0.05) is 0 Å². The van der Waals surface area contributed by atoms with Crippen LogP contribution >= 0.6 is 12.2 Å². The summed E-state index contributed by atoms with van der Waals surface area (Å²) in [6.45, 7) is 4.19. The van der Waals surface area contributed by atoms with Crippen molar-refractivity contribution in [2.45, 2.75) is 32.5 Å². The van der Waals surface area contributed by atoms with Gasteiger partial charge in [0.25, 0.3) is 0 Å². The van der Waals surface area contributed by atoms with Crippen LogP contribution in [-0.2, 0) is 6.42 Å². The summed E-state index contributed by atoms with van der Waals surface area (Å²) < 4.78 is 2.03. The molecular formula is C9H17N5S. The van der Waals surface area contributed by atoms with Crippen molar-refractivity contribution in [2.75, 3.05) is 0 Å². The van der Waals surface area contributed by atoms with Crippen LogP contribution in [-0.4, -0.2) is 20.8 Å². The number of nitrogens with two attached hydrogens (primary N) is 2. The van der Waals surface area contributed by atoms with E-state index in [4.69, 9.17) is 23.7 Å². The van der Waals surface area contributed by atoms with Gasteiger partial charge >= 0.3 is 0 Å². The first-order valence-corrected chi connectivity index (χ1v) is 5.23. The second-order valence-corrected chi connectivity index (χ2v) is 4.17. The van der Waals surface area contributed by atoms with E-state index in [9.17, 15) is 0 Å². The Morgan fingerprint density at radius 3 is 2.80 bits per heavy atom. The highest BCUT2D eigenvalue weighted by molar-refractivity contribution is 7.80. The lowest BCUT2D eigenvalue weighted by Gasteiger charge is -2.11. The molecule has 0 radical (unpaired) electrons. The smallest absolute Gasteiger partial charge is 0.164 e. The molecule has 5 nitrogen and oxygen atoms in total. The fourth-order valence-corrected chi connectivity index (χ4v) is 1.38. The van der Waals surface area contributed by atoms with E-state index < -0.39 is 0 Å². The Hall–Kier alpha value is -1.14. The Bertz CT molecular complexity index is 333. The summed E-state index contributed by atoms with van der Waals surface area (Å²) in [4.78, 5) is 4.24. The van der Waals surface area contributed by atoms with Gasteiger partial charge in [-0.2, -0.15) is 0 Å². The molecule has 1 rings (SSSR count). The monoisotopic (exact) mass is 227 g/mol. The van der Waals surface area contributed by atoms with E-state index in [-0.39, 0.29) is 11.3 Å². The van der Waals surface area contributed by atoms with Crippen LogP contribution in [0.3, 0.4) is 0 Å². The highest BCUT2D eigenvalue weighted by atomic mass is 32.1. The van der Waals surface area contributed by atoms with Crippen LogP contribution in [0.4, 0.5) is 0 Å². The number of imidazole rings is 1. The zero-order chi connectivity index (χ0) is 11.4. The summed E-state index contributed by atoms with van der Waals surface area (Å²) in [5.74, 6) is 0. The first kappa shape index (κ1) is 11.9. The molecule has 0 amide bonds. The number of hydrogen-bond acceptors (Lipinski definition) is 3. The minimum Gasteiger partial charge on any atom is -0.376 e. The van der Waals surface area contributed by atoms with Crippen LogP contribution in [0.15, 0.2) is 12.5 Å². The Balaban J connectivity index is 2.53. The van der Waals surface area contributed by atoms with Crippen molar-refractivity contribution < 1.29 is 0 Å².